The number of hydrogen-bond donors (Lipinski definition) is 0. The lowest BCUT2D eigenvalue weighted by Gasteiger charge is -2.27. The van der Waals surface area contributed by atoms with Crippen LogP contribution < -0.4 is 0 Å². The van der Waals surface area contributed by atoms with Crippen molar-refractivity contribution in [2.24, 2.45) is 0 Å². The fourth-order valence-electron chi connectivity index (χ4n) is 2.99. The largest absolute Gasteiger partial charge is 0.379 e. The Labute approximate surface area is 129 Å². The quantitative estimate of drug-likeness (QED) is 0.868. The summed E-state index contributed by atoms with van der Waals surface area (Å²) in [6, 6.07) is 14.3. The van der Waals surface area contributed by atoms with Crippen molar-refractivity contribution in [3.63, 3.8) is 0 Å². The summed E-state index contributed by atoms with van der Waals surface area (Å²) >= 11 is 1.50. The predicted molar refractivity (Wildman–Crippen MR) is 84.7 cm³/mol. The maximum atomic E-state index is 12.7. The number of carbonyl (C=O) groups excluding carboxylic acids is 1. The Hall–Kier alpha value is -1.65. The van der Waals surface area contributed by atoms with Crippen LogP contribution in [0.3, 0.4) is 0 Å². The molecular formula is C17H19NO2S. The molecule has 1 fully saturated rings. The van der Waals surface area contributed by atoms with Crippen LogP contribution in [-0.2, 0) is 11.2 Å². The molecule has 0 radical (unpaired) electrons. The summed E-state index contributed by atoms with van der Waals surface area (Å²) in [4.78, 5) is 15.4. The molecule has 0 spiro atoms. The summed E-state index contributed by atoms with van der Waals surface area (Å²) in [7, 11) is 1.74. The van der Waals surface area contributed by atoms with E-state index in [4.69, 9.17) is 4.74 Å². The van der Waals surface area contributed by atoms with E-state index in [0.717, 1.165) is 24.3 Å². The van der Waals surface area contributed by atoms with E-state index in [1.807, 2.05) is 40.6 Å². The van der Waals surface area contributed by atoms with Gasteiger partial charge in [-0.3, -0.25) is 4.79 Å². The van der Waals surface area contributed by atoms with Crippen LogP contribution >= 0.6 is 11.3 Å². The first-order valence-electron chi connectivity index (χ1n) is 7.21. The Balaban J connectivity index is 1.80. The van der Waals surface area contributed by atoms with E-state index >= 15 is 0 Å². The number of nitrogens with zero attached hydrogens (tertiary/aromatic N) is 1. The van der Waals surface area contributed by atoms with Crippen molar-refractivity contribution in [2.75, 3.05) is 13.7 Å². The van der Waals surface area contributed by atoms with Gasteiger partial charge < -0.3 is 9.64 Å². The number of rotatable bonds is 4. The number of carbonyl (C=O) groups is 1. The lowest BCUT2D eigenvalue weighted by Crippen LogP contribution is -2.41. The molecule has 0 unspecified atom stereocenters. The summed E-state index contributed by atoms with van der Waals surface area (Å²) in [5.41, 5.74) is 1.25. The third-order valence-electron chi connectivity index (χ3n) is 4.07. The first kappa shape index (κ1) is 14.3. The number of thiophene rings is 1. The summed E-state index contributed by atoms with van der Waals surface area (Å²) in [5.74, 6) is 0.130. The molecule has 1 aromatic heterocycles. The summed E-state index contributed by atoms with van der Waals surface area (Å²) in [6.45, 7) is 0.771. The van der Waals surface area contributed by atoms with Gasteiger partial charge in [0.2, 0.25) is 0 Å². The standard InChI is InChI=1S/C17H19NO2S/c1-20-15-9-10-18(17(19)16-8-5-11-21-16)14(15)12-13-6-3-2-4-7-13/h2-8,11,14-15H,9-10,12H2,1H3/t14-,15+/m0/s1. The van der Waals surface area contributed by atoms with Crippen LogP contribution in [0, 0.1) is 0 Å². The van der Waals surface area contributed by atoms with E-state index < -0.39 is 0 Å². The van der Waals surface area contributed by atoms with E-state index in [0.29, 0.717) is 0 Å². The molecule has 2 heterocycles. The topological polar surface area (TPSA) is 29.5 Å². The number of ether oxygens (including phenoxy) is 1. The van der Waals surface area contributed by atoms with E-state index in [9.17, 15) is 4.79 Å². The van der Waals surface area contributed by atoms with Gasteiger partial charge in [0.25, 0.3) is 5.91 Å². The minimum Gasteiger partial charge on any atom is -0.379 e. The van der Waals surface area contributed by atoms with Gasteiger partial charge in [0.15, 0.2) is 0 Å². The van der Waals surface area contributed by atoms with Crippen molar-refractivity contribution < 1.29 is 9.53 Å². The molecule has 0 saturated carbocycles. The van der Waals surface area contributed by atoms with Crippen molar-refractivity contribution in [3.05, 3.63) is 58.3 Å². The summed E-state index contributed by atoms with van der Waals surface area (Å²) in [5, 5.41) is 1.95. The molecule has 21 heavy (non-hydrogen) atoms. The van der Waals surface area contributed by atoms with Gasteiger partial charge in [-0.1, -0.05) is 36.4 Å². The molecule has 1 saturated heterocycles. The SMILES string of the molecule is CO[C@@H]1CCN(C(=O)c2cccs2)[C@H]1Cc1ccccc1. The molecule has 3 rings (SSSR count). The van der Waals surface area contributed by atoms with Gasteiger partial charge in [-0.25, -0.2) is 0 Å². The molecule has 3 nitrogen and oxygen atoms in total. The lowest BCUT2D eigenvalue weighted by atomic mass is 10.0. The second-order valence-electron chi connectivity index (χ2n) is 5.30. The van der Waals surface area contributed by atoms with Crippen LogP contribution in [0.4, 0.5) is 0 Å². The van der Waals surface area contributed by atoms with Gasteiger partial charge in [-0.15, -0.1) is 11.3 Å². The first-order valence-corrected chi connectivity index (χ1v) is 8.08. The van der Waals surface area contributed by atoms with Crippen LogP contribution in [-0.4, -0.2) is 36.6 Å². The maximum Gasteiger partial charge on any atom is 0.264 e. The van der Waals surface area contributed by atoms with Crippen LogP contribution in [0.1, 0.15) is 21.7 Å². The van der Waals surface area contributed by atoms with E-state index in [-0.39, 0.29) is 18.1 Å². The van der Waals surface area contributed by atoms with Crippen LogP contribution in [0.5, 0.6) is 0 Å². The highest BCUT2D eigenvalue weighted by molar-refractivity contribution is 7.12. The lowest BCUT2D eigenvalue weighted by molar-refractivity contribution is 0.0512. The molecule has 4 heteroatoms. The van der Waals surface area contributed by atoms with Crippen LogP contribution in [0.15, 0.2) is 47.8 Å². The normalized spacial score (nSPS) is 21.7. The zero-order chi connectivity index (χ0) is 14.7. The molecule has 110 valence electrons. The zero-order valence-electron chi connectivity index (χ0n) is 12.1. The van der Waals surface area contributed by atoms with Crippen LogP contribution in [0.2, 0.25) is 0 Å². The minimum absolute atomic E-state index is 0.118. The smallest absolute Gasteiger partial charge is 0.264 e. The second-order valence-corrected chi connectivity index (χ2v) is 6.24. The Morgan fingerprint density at radius 3 is 2.76 bits per heavy atom. The molecule has 2 atom stereocenters. The molecule has 1 aromatic carbocycles. The number of hydrogen-bond acceptors (Lipinski definition) is 3. The highest BCUT2D eigenvalue weighted by Crippen LogP contribution is 2.26. The van der Waals surface area contributed by atoms with Gasteiger partial charge in [0.1, 0.15) is 0 Å². The summed E-state index contributed by atoms with van der Waals surface area (Å²) < 4.78 is 5.60. The predicted octanol–water partition coefficient (Wildman–Crippen LogP) is 3.22. The third-order valence-corrected chi connectivity index (χ3v) is 4.93. The molecule has 0 N–H and O–H groups in total. The van der Waals surface area contributed by atoms with Gasteiger partial charge in [-0.2, -0.15) is 0 Å². The Morgan fingerprint density at radius 2 is 2.10 bits per heavy atom. The fourth-order valence-corrected chi connectivity index (χ4v) is 3.67. The van der Waals surface area contributed by atoms with Gasteiger partial charge in [0, 0.05) is 13.7 Å². The Kier molecular flexibility index (Phi) is 4.36. The Morgan fingerprint density at radius 1 is 1.29 bits per heavy atom. The number of likely N-dealkylation sites (tertiary alicyclic amines) is 1. The number of amides is 1. The van der Waals surface area contributed by atoms with E-state index in [1.165, 1.54) is 16.9 Å². The molecule has 2 aromatic rings. The third kappa shape index (κ3) is 3.01. The molecule has 1 aliphatic rings. The van der Waals surface area contributed by atoms with Crippen LogP contribution in [0.25, 0.3) is 0 Å². The fraction of sp³-hybridized carbons (Fsp3) is 0.353. The van der Waals surface area contributed by atoms with Gasteiger partial charge >= 0.3 is 0 Å². The Bertz CT molecular complexity index is 582. The first-order chi connectivity index (χ1) is 10.3. The van der Waals surface area contributed by atoms with Crippen molar-refractivity contribution >= 4 is 17.2 Å². The van der Waals surface area contributed by atoms with Crippen molar-refractivity contribution in [1.82, 2.24) is 4.90 Å². The highest BCUT2D eigenvalue weighted by atomic mass is 32.1. The zero-order valence-corrected chi connectivity index (χ0v) is 12.9. The van der Waals surface area contributed by atoms with E-state index in [1.54, 1.807) is 7.11 Å². The van der Waals surface area contributed by atoms with Crippen molar-refractivity contribution in [2.45, 2.75) is 25.0 Å². The highest BCUT2D eigenvalue weighted by Gasteiger charge is 2.37. The van der Waals surface area contributed by atoms with Crippen molar-refractivity contribution in [3.8, 4) is 0 Å². The van der Waals surface area contributed by atoms with Gasteiger partial charge in [0.05, 0.1) is 17.0 Å². The molecular weight excluding hydrogens is 282 g/mol. The molecule has 0 aliphatic carbocycles. The van der Waals surface area contributed by atoms with Crippen molar-refractivity contribution in [1.29, 1.82) is 0 Å². The number of methoxy groups -OCH3 is 1. The van der Waals surface area contributed by atoms with Gasteiger partial charge in [-0.05, 0) is 29.9 Å². The number of benzene rings is 1. The second kappa shape index (κ2) is 6.41. The molecule has 0 bridgehead atoms. The summed E-state index contributed by atoms with van der Waals surface area (Å²) in [6.07, 6.45) is 1.87. The molecule has 1 amide bonds. The average Bonchev–Trinajstić information content (AvgIpc) is 3.17. The average molecular weight is 301 g/mol. The molecule has 1 aliphatic heterocycles. The maximum absolute atomic E-state index is 12.7. The monoisotopic (exact) mass is 301 g/mol. The minimum atomic E-state index is 0.118. The van der Waals surface area contributed by atoms with E-state index in [2.05, 4.69) is 12.1 Å².